The van der Waals surface area contributed by atoms with Crippen molar-refractivity contribution in [3.05, 3.63) is 35.2 Å². The predicted molar refractivity (Wildman–Crippen MR) is 75.4 cm³/mol. The molecule has 3 nitrogen and oxygen atoms in total. The van der Waals surface area contributed by atoms with E-state index in [2.05, 4.69) is 4.98 Å². The van der Waals surface area contributed by atoms with E-state index in [0.717, 1.165) is 6.07 Å². The van der Waals surface area contributed by atoms with Gasteiger partial charge in [0.25, 0.3) is 0 Å². The van der Waals surface area contributed by atoms with Crippen LogP contribution in [0.5, 0.6) is 0 Å². The maximum Gasteiger partial charge on any atom is 0.417 e. The number of rotatable bonds is 2. The summed E-state index contributed by atoms with van der Waals surface area (Å²) in [5.74, 6) is 0. The van der Waals surface area contributed by atoms with Crippen LogP contribution >= 0.6 is 11.3 Å². The Morgan fingerprint density at radius 3 is 2.71 bits per heavy atom. The highest BCUT2D eigenvalue weighted by Crippen LogP contribution is 2.38. The Hall–Kier alpha value is -1.60. The quantitative estimate of drug-likeness (QED) is 0.923. The summed E-state index contributed by atoms with van der Waals surface area (Å²) in [7, 11) is 0. The molecular weight excluding hydrogens is 301 g/mol. The number of benzene rings is 1. The topological polar surface area (TPSA) is 36.4 Å². The van der Waals surface area contributed by atoms with Crippen LogP contribution in [-0.4, -0.2) is 29.3 Å². The molecule has 1 N–H and O–H groups in total. The first-order valence-electron chi connectivity index (χ1n) is 6.50. The second kappa shape index (κ2) is 5.31. The number of nitrogens with zero attached hydrogens (tertiary/aromatic N) is 2. The van der Waals surface area contributed by atoms with Gasteiger partial charge in [0, 0.05) is 24.0 Å². The molecule has 2 heterocycles. The van der Waals surface area contributed by atoms with Gasteiger partial charge in [0.1, 0.15) is 0 Å². The van der Waals surface area contributed by atoms with Crippen molar-refractivity contribution in [1.29, 1.82) is 0 Å². The summed E-state index contributed by atoms with van der Waals surface area (Å²) >= 11 is 1.30. The van der Waals surface area contributed by atoms with E-state index in [1.54, 1.807) is 11.4 Å². The number of alkyl halides is 3. The number of aromatic nitrogens is 1. The smallest absolute Gasteiger partial charge is 0.391 e. The van der Waals surface area contributed by atoms with Crippen LogP contribution in [0.2, 0.25) is 0 Å². The summed E-state index contributed by atoms with van der Waals surface area (Å²) in [6.45, 7) is 1.16. The first kappa shape index (κ1) is 14.3. The van der Waals surface area contributed by atoms with Crippen LogP contribution in [0.3, 0.4) is 0 Å². The number of aliphatic hydroxyl groups excluding tert-OH is 1. The Bertz CT molecular complexity index is 641. The highest BCUT2D eigenvalue weighted by molar-refractivity contribution is 7.14. The third-order valence-electron chi connectivity index (χ3n) is 3.43. The molecule has 3 rings (SSSR count). The highest BCUT2D eigenvalue weighted by Gasteiger charge is 2.34. The molecule has 112 valence electrons. The lowest BCUT2D eigenvalue weighted by Crippen LogP contribution is -2.20. The SMILES string of the molecule is O[C@H]1CCN(c2nc(-c3ccccc3C(F)(F)F)cs2)C1. The molecule has 0 radical (unpaired) electrons. The van der Waals surface area contributed by atoms with E-state index in [4.69, 9.17) is 0 Å². The Balaban J connectivity index is 1.94. The molecule has 0 unspecified atom stereocenters. The van der Waals surface area contributed by atoms with E-state index in [1.807, 2.05) is 4.90 Å². The second-order valence-electron chi connectivity index (χ2n) is 4.95. The molecule has 7 heteroatoms. The van der Waals surface area contributed by atoms with Gasteiger partial charge in [0.15, 0.2) is 5.13 Å². The van der Waals surface area contributed by atoms with Crippen molar-refractivity contribution in [3.63, 3.8) is 0 Å². The fourth-order valence-electron chi connectivity index (χ4n) is 2.40. The van der Waals surface area contributed by atoms with Crippen LogP contribution in [0.1, 0.15) is 12.0 Å². The fraction of sp³-hybridized carbons (Fsp3) is 0.357. The van der Waals surface area contributed by atoms with Gasteiger partial charge < -0.3 is 10.0 Å². The van der Waals surface area contributed by atoms with Crippen LogP contribution in [-0.2, 0) is 6.18 Å². The molecule has 0 spiro atoms. The molecule has 0 saturated carbocycles. The van der Waals surface area contributed by atoms with Crippen molar-refractivity contribution >= 4 is 16.5 Å². The summed E-state index contributed by atoms with van der Waals surface area (Å²) in [4.78, 5) is 6.20. The second-order valence-corrected chi connectivity index (χ2v) is 5.78. The number of halogens is 3. The summed E-state index contributed by atoms with van der Waals surface area (Å²) < 4.78 is 39.1. The monoisotopic (exact) mass is 314 g/mol. The first-order chi connectivity index (χ1) is 9.95. The zero-order valence-corrected chi connectivity index (χ0v) is 11.8. The molecule has 1 aromatic heterocycles. The summed E-state index contributed by atoms with van der Waals surface area (Å²) in [6, 6.07) is 5.44. The van der Waals surface area contributed by atoms with Gasteiger partial charge in [-0.1, -0.05) is 18.2 Å². The molecule has 1 aromatic carbocycles. The largest absolute Gasteiger partial charge is 0.417 e. The first-order valence-corrected chi connectivity index (χ1v) is 7.38. The lowest BCUT2D eigenvalue weighted by Gasteiger charge is -2.13. The Labute approximate surface area is 123 Å². The number of hydrogen-bond acceptors (Lipinski definition) is 4. The third-order valence-corrected chi connectivity index (χ3v) is 4.34. The summed E-state index contributed by atoms with van der Waals surface area (Å²) in [6.07, 6.45) is -4.13. The van der Waals surface area contributed by atoms with E-state index in [1.165, 1.54) is 23.5 Å². The number of hydrogen-bond donors (Lipinski definition) is 1. The van der Waals surface area contributed by atoms with Gasteiger partial charge in [-0.2, -0.15) is 13.2 Å². The van der Waals surface area contributed by atoms with Crippen LogP contribution in [0.15, 0.2) is 29.6 Å². The lowest BCUT2D eigenvalue weighted by molar-refractivity contribution is -0.137. The number of anilines is 1. The van der Waals surface area contributed by atoms with Crippen LogP contribution in [0.4, 0.5) is 18.3 Å². The molecule has 0 amide bonds. The van der Waals surface area contributed by atoms with Crippen LogP contribution in [0, 0.1) is 0 Å². The van der Waals surface area contributed by atoms with Crippen LogP contribution < -0.4 is 4.90 Å². The molecule has 1 atom stereocenters. The van der Waals surface area contributed by atoms with Gasteiger partial charge in [-0.25, -0.2) is 4.98 Å². The van der Waals surface area contributed by atoms with Crippen molar-refractivity contribution in [2.75, 3.05) is 18.0 Å². The Morgan fingerprint density at radius 1 is 1.29 bits per heavy atom. The van der Waals surface area contributed by atoms with Gasteiger partial charge in [0.05, 0.1) is 17.4 Å². The van der Waals surface area contributed by atoms with E-state index in [9.17, 15) is 18.3 Å². The number of β-amino-alcohol motifs (C(OH)–C–C–N with tert-alkyl or cyclic N) is 1. The number of aliphatic hydroxyl groups is 1. The molecule has 2 aromatic rings. The average Bonchev–Trinajstić information content (AvgIpc) is 3.06. The lowest BCUT2D eigenvalue weighted by atomic mass is 10.1. The van der Waals surface area contributed by atoms with Gasteiger partial charge in [-0.05, 0) is 12.5 Å². The van der Waals surface area contributed by atoms with Crippen molar-refractivity contribution < 1.29 is 18.3 Å². The Morgan fingerprint density at radius 2 is 2.05 bits per heavy atom. The molecular formula is C14H13F3N2OS. The zero-order valence-electron chi connectivity index (χ0n) is 11.0. The zero-order chi connectivity index (χ0) is 15.0. The van der Waals surface area contributed by atoms with Gasteiger partial charge in [-0.15, -0.1) is 11.3 Å². The molecule has 21 heavy (non-hydrogen) atoms. The third kappa shape index (κ3) is 2.89. The van der Waals surface area contributed by atoms with Gasteiger partial charge in [0.2, 0.25) is 0 Å². The van der Waals surface area contributed by atoms with Crippen molar-refractivity contribution in [1.82, 2.24) is 4.98 Å². The summed E-state index contributed by atoms with van der Waals surface area (Å²) in [5.41, 5.74) is -0.264. The normalized spacial score (nSPS) is 19.2. The maximum atomic E-state index is 13.0. The van der Waals surface area contributed by atoms with Crippen molar-refractivity contribution in [3.8, 4) is 11.3 Å². The Kier molecular flexibility index (Phi) is 3.62. The number of thiazole rings is 1. The van der Waals surface area contributed by atoms with Crippen molar-refractivity contribution in [2.24, 2.45) is 0 Å². The molecule has 0 bridgehead atoms. The van der Waals surface area contributed by atoms with Gasteiger partial charge in [-0.3, -0.25) is 0 Å². The van der Waals surface area contributed by atoms with Crippen molar-refractivity contribution in [2.45, 2.75) is 18.7 Å². The fourth-order valence-corrected chi connectivity index (χ4v) is 3.27. The molecule has 1 aliphatic heterocycles. The highest BCUT2D eigenvalue weighted by atomic mass is 32.1. The predicted octanol–water partition coefficient (Wildman–Crippen LogP) is 3.40. The average molecular weight is 314 g/mol. The summed E-state index contributed by atoms with van der Waals surface area (Å²) in [5, 5.41) is 11.8. The van der Waals surface area contributed by atoms with E-state index >= 15 is 0 Å². The molecule has 1 aliphatic rings. The maximum absolute atomic E-state index is 13.0. The van der Waals surface area contributed by atoms with E-state index in [0.29, 0.717) is 30.3 Å². The van der Waals surface area contributed by atoms with E-state index < -0.39 is 11.7 Å². The van der Waals surface area contributed by atoms with Gasteiger partial charge >= 0.3 is 6.18 Å². The van der Waals surface area contributed by atoms with Crippen LogP contribution in [0.25, 0.3) is 11.3 Å². The standard InChI is InChI=1S/C14H13F3N2OS/c15-14(16,17)11-4-2-1-3-10(11)12-8-21-13(18-12)19-6-5-9(20)7-19/h1-4,8-9,20H,5-7H2/t9-/m0/s1. The van der Waals surface area contributed by atoms with E-state index in [-0.39, 0.29) is 11.7 Å². The minimum atomic E-state index is -4.40. The minimum Gasteiger partial charge on any atom is -0.391 e. The molecule has 1 saturated heterocycles. The minimum absolute atomic E-state index is 0.0900. The molecule has 1 fully saturated rings. The molecule has 0 aliphatic carbocycles.